The van der Waals surface area contributed by atoms with Gasteiger partial charge in [0, 0.05) is 0 Å². The van der Waals surface area contributed by atoms with Gasteiger partial charge in [0.15, 0.2) is 0 Å². The summed E-state index contributed by atoms with van der Waals surface area (Å²) in [6.07, 6.45) is 0. The van der Waals surface area contributed by atoms with Crippen LogP contribution in [0.25, 0.3) is 11.1 Å². The summed E-state index contributed by atoms with van der Waals surface area (Å²) in [6, 6.07) is 28.9. The molecule has 3 aromatic rings. The van der Waals surface area contributed by atoms with Crippen molar-refractivity contribution < 1.29 is 0 Å². The molecule has 1 heterocycles. The van der Waals surface area contributed by atoms with Crippen LogP contribution in [0, 0.1) is 0 Å². The van der Waals surface area contributed by atoms with Crippen LogP contribution in [0.5, 0.6) is 0 Å². The molecule has 1 aliphatic heterocycles. The van der Waals surface area contributed by atoms with Crippen molar-refractivity contribution in [3.63, 3.8) is 0 Å². The molecule has 1 heteroatoms. The lowest BCUT2D eigenvalue weighted by Gasteiger charge is -2.25. The van der Waals surface area contributed by atoms with Crippen LogP contribution in [0.4, 0.5) is 0 Å². The van der Waals surface area contributed by atoms with E-state index in [-0.39, 0.29) is 0 Å². The maximum Gasteiger partial charge on any atom is 0.147 e. The number of hydrogen-bond donors (Lipinski definition) is 0. The Balaban J connectivity index is 0.000000515. The highest BCUT2D eigenvalue weighted by Gasteiger charge is 2.42. The molecule has 0 amide bonds. The highest BCUT2D eigenvalue weighted by atomic mass is 28.3. The van der Waals surface area contributed by atoms with E-state index in [2.05, 4.69) is 85.4 Å². The predicted octanol–water partition coefficient (Wildman–Crippen LogP) is 5.85. The number of fused-ring (bicyclic) bond motifs is 3. The molecule has 0 atom stereocenters. The van der Waals surface area contributed by atoms with Crippen molar-refractivity contribution >= 4 is 23.6 Å². The number of benzene rings is 3. The molecule has 0 spiro atoms. The lowest BCUT2D eigenvalue weighted by Crippen LogP contribution is -2.62. The highest BCUT2D eigenvalue weighted by Crippen LogP contribution is 2.27. The fraction of sp³-hybridized carbons (Fsp3) is 0.280. The van der Waals surface area contributed by atoms with Crippen molar-refractivity contribution in [2.45, 2.75) is 48.1 Å². The molecule has 0 radical (unpaired) electrons. The van der Waals surface area contributed by atoms with E-state index in [4.69, 9.17) is 0 Å². The fourth-order valence-electron chi connectivity index (χ4n) is 3.54. The number of rotatable bonds is 1. The third kappa shape index (κ3) is 3.83. The summed E-state index contributed by atoms with van der Waals surface area (Å²) < 4.78 is 0. The van der Waals surface area contributed by atoms with Gasteiger partial charge in [-0.15, -0.1) is 0 Å². The minimum atomic E-state index is -1.80. The Bertz CT molecular complexity index is 729. The first-order valence-electron chi connectivity index (χ1n) is 10.1. The van der Waals surface area contributed by atoms with E-state index < -0.39 is 8.07 Å². The van der Waals surface area contributed by atoms with Gasteiger partial charge in [-0.3, -0.25) is 0 Å². The minimum absolute atomic E-state index is 1.43. The van der Waals surface area contributed by atoms with Crippen molar-refractivity contribution in [2.75, 3.05) is 0 Å². The van der Waals surface area contributed by atoms with Gasteiger partial charge >= 0.3 is 0 Å². The maximum absolute atomic E-state index is 2.48. The van der Waals surface area contributed by atoms with Crippen LogP contribution in [-0.2, 0) is 0 Å². The SMILES string of the molecule is CC.CC.CC.C[Si]1(c2ccccc2)c2ccccc2-c2ccccc21. The topological polar surface area (TPSA) is 0 Å². The van der Waals surface area contributed by atoms with E-state index >= 15 is 0 Å². The summed E-state index contributed by atoms with van der Waals surface area (Å²) >= 11 is 0. The van der Waals surface area contributed by atoms with Crippen LogP contribution in [0.3, 0.4) is 0 Å². The third-order valence-corrected chi connectivity index (χ3v) is 9.09. The second kappa shape index (κ2) is 10.8. The van der Waals surface area contributed by atoms with E-state index in [1.807, 2.05) is 41.5 Å². The van der Waals surface area contributed by atoms with E-state index in [1.54, 1.807) is 10.4 Å². The van der Waals surface area contributed by atoms with Crippen molar-refractivity contribution in [1.82, 2.24) is 0 Å². The molecule has 0 nitrogen and oxygen atoms in total. The van der Waals surface area contributed by atoms with Crippen molar-refractivity contribution in [2.24, 2.45) is 0 Å². The van der Waals surface area contributed by atoms with E-state index in [0.29, 0.717) is 0 Å². The molecule has 26 heavy (non-hydrogen) atoms. The van der Waals surface area contributed by atoms with Crippen LogP contribution in [-0.4, -0.2) is 8.07 Å². The van der Waals surface area contributed by atoms with Gasteiger partial charge in [-0.1, -0.05) is 127 Å². The molecule has 0 saturated heterocycles. The Morgan fingerprint density at radius 1 is 0.462 bits per heavy atom. The molecule has 138 valence electrons. The summed E-state index contributed by atoms with van der Waals surface area (Å²) in [5.41, 5.74) is 2.86. The first kappa shape index (κ1) is 21.9. The summed E-state index contributed by atoms with van der Waals surface area (Å²) in [4.78, 5) is 0. The standard InChI is InChI=1S/C19H16Si.3C2H6/c1-20(15-9-3-2-4-10-15)18-13-7-5-11-16(18)17-12-6-8-14-19(17)20;3*1-2/h2-14H,1H3;3*1-2H3. The second-order valence-corrected chi connectivity index (χ2v) is 9.49. The Morgan fingerprint density at radius 2 is 0.808 bits per heavy atom. The zero-order valence-electron chi connectivity index (χ0n) is 17.5. The molecule has 1 aliphatic rings. The number of hydrogen-bond acceptors (Lipinski definition) is 0. The Labute approximate surface area is 161 Å². The Kier molecular flexibility index (Phi) is 9.08. The summed E-state index contributed by atoms with van der Waals surface area (Å²) in [5, 5.41) is 4.59. The van der Waals surface area contributed by atoms with Gasteiger partial charge in [-0.25, -0.2) is 0 Å². The highest BCUT2D eigenvalue weighted by molar-refractivity contribution is 7.13. The zero-order valence-corrected chi connectivity index (χ0v) is 18.5. The van der Waals surface area contributed by atoms with Gasteiger partial charge in [-0.05, 0) is 26.7 Å². The molecule has 0 aromatic heterocycles. The van der Waals surface area contributed by atoms with Gasteiger partial charge in [0.25, 0.3) is 0 Å². The van der Waals surface area contributed by atoms with E-state index in [9.17, 15) is 0 Å². The molecule has 0 aliphatic carbocycles. The average Bonchev–Trinajstić information content (AvgIpc) is 3.03. The van der Waals surface area contributed by atoms with E-state index in [1.165, 1.54) is 16.3 Å². The van der Waals surface area contributed by atoms with Crippen LogP contribution >= 0.6 is 0 Å². The molecule has 0 saturated carbocycles. The fourth-order valence-corrected chi connectivity index (χ4v) is 7.68. The van der Waals surface area contributed by atoms with Gasteiger partial charge in [0.2, 0.25) is 0 Å². The first-order valence-corrected chi connectivity index (χ1v) is 12.6. The Morgan fingerprint density at radius 3 is 1.23 bits per heavy atom. The van der Waals surface area contributed by atoms with Crippen molar-refractivity contribution in [3.05, 3.63) is 78.9 Å². The van der Waals surface area contributed by atoms with Gasteiger partial charge in [0.1, 0.15) is 8.07 Å². The van der Waals surface area contributed by atoms with E-state index in [0.717, 1.165) is 0 Å². The molecule has 0 bridgehead atoms. The second-order valence-electron chi connectivity index (χ2n) is 5.58. The van der Waals surface area contributed by atoms with Crippen molar-refractivity contribution in [1.29, 1.82) is 0 Å². The van der Waals surface area contributed by atoms with Crippen LogP contribution in [0.1, 0.15) is 41.5 Å². The maximum atomic E-state index is 2.48. The smallest absolute Gasteiger partial charge is 0.0683 e. The summed E-state index contributed by atoms with van der Waals surface area (Å²) in [7, 11) is -1.80. The molecule has 3 aromatic carbocycles. The van der Waals surface area contributed by atoms with Gasteiger partial charge in [-0.2, -0.15) is 0 Å². The molecular formula is C25H34Si. The minimum Gasteiger partial charge on any atom is -0.0683 e. The summed E-state index contributed by atoms with van der Waals surface area (Å²) in [5.74, 6) is 0. The molecular weight excluding hydrogens is 328 g/mol. The van der Waals surface area contributed by atoms with Gasteiger partial charge < -0.3 is 0 Å². The van der Waals surface area contributed by atoms with Crippen LogP contribution < -0.4 is 15.6 Å². The quantitative estimate of drug-likeness (QED) is 0.477. The van der Waals surface area contributed by atoms with Crippen LogP contribution in [0.2, 0.25) is 6.55 Å². The zero-order chi connectivity index (χ0) is 19.6. The Hall–Kier alpha value is -2.12. The molecule has 0 N–H and O–H groups in total. The summed E-state index contributed by atoms with van der Waals surface area (Å²) in [6.45, 7) is 14.5. The lowest BCUT2D eigenvalue weighted by molar-refractivity contribution is 1.50. The van der Waals surface area contributed by atoms with Crippen LogP contribution in [0.15, 0.2) is 78.9 Å². The normalized spacial score (nSPS) is 12.0. The first-order chi connectivity index (χ1) is 12.8. The predicted molar refractivity (Wildman–Crippen MR) is 123 cm³/mol. The van der Waals surface area contributed by atoms with Crippen molar-refractivity contribution in [3.8, 4) is 11.1 Å². The van der Waals surface area contributed by atoms with Gasteiger partial charge in [0.05, 0.1) is 0 Å². The monoisotopic (exact) mass is 362 g/mol. The average molecular weight is 363 g/mol. The molecule has 4 rings (SSSR count). The molecule has 0 fully saturated rings. The largest absolute Gasteiger partial charge is 0.147 e. The molecule has 0 unspecified atom stereocenters. The lowest BCUT2D eigenvalue weighted by atomic mass is 10.1. The third-order valence-electron chi connectivity index (χ3n) is 4.57.